The van der Waals surface area contributed by atoms with Crippen molar-refractivity contribution in [3.05, 3.63) is 23.3 Å². The summed E-state index contributed by atoms with van der Waals surface area (Å²) in [4.78, 5) is 0. The molecule has 15 heavy (non-hydrogen) atoms. The number of fused-ring (bicyclic) bond motifs is 3. The molecule has 0 amide bonds. The van der Waals surface area contributed by atoms with Crippen LogP contribution in [0.15, 0.2) is 12.1 Å². The first-order valence-electron chi connectivity index (χ1n) is 5.51. The molecule has 0 aromatic heterocycles. The van der Waals surface area contributed by atoms with Crippen molar-refractivity contribution in [1.29, 1.82) is 0 Å². The average molecular weight is 205 g/mol. The van der Waals surface area contributed by atoms with Gasteiger partial charge >= 0.3 is 0 Å². The summed E-state index contributed by atoms with van der Waals surface area (Å²) >= 11 is 0. The first-order chi connectivity index (χ1) is 7.40. The van der Waals surface area contributed by atoms with Gasteiger partial charge < -0.3 is 15.2 Å². The molecule has 1 unspecified atom stereocenters. The molecule has 0 saturated carbocycles. The number of ether oxygens (including phenoxy) is 2. The molecule has 3 rings (SSSR count). The summed E-state index contributed by atoms with van der Waals surface area (Å²) in [6, 6.07) is 4.16. The molecule has 1 aliphatic heterocycles. The summed E-state index contributed by atoms with van der Waals surface area (Å²) in [5.74, 6) is 2.36. The van der Waals surface area contributed by atoms with Crippen LogP contribution >= 0.6 is 0 Å². The zero-order valence-corrected chi connectivity index (χ0v) is 8.66. The number of hydrogen-bond acceptors (Lipinski definition) is 3. The molecule has 0 spiro atoms. The Kier molecular flexibility index (Phi) is 2.06. The summed E-state index contributed by atoms with van der Waals surface area (Å²) in [6.07, 6.45) is 3.50. The zero-order valence-electron chi connectivity index (χ0n) is 8.66. The largest absolute Gasteiger partial charge is 0.454 e. The zero-order chi connectivity index (χ0) is 10.3. The highest BCUT2D eigenvalue weighted by Crippen LogP contribution is 2.43. The normalized spacial score (nSPS) is 22.6. The van der Waals surface area contributed by atoms with Crippen LogP contribution in [0.2, 0.25) is 0 Å². The van der Waals surface area contributed by atoms with Gasteiger partial charge in [-0.2, -0.15) is 0 Å². The number of nitrogens with two attached hydrogens (primary N) is 1. The Bertz CT molecular complexity index is 389. The van der Waals surface area contributed by atoms with E-state index in [0.29, 0.717) is 12.7 Å². The highest BCUT2D eigenvalue weighted by atomic mass is 16.7. The molecule has 0 fully saturated rings. The predicted octanol–water partition coefficient (Wildman–Crippen LogP) is 1.79. The van der Waals surface area contributed by atoms with E-state index in [1.54, 1.807) is 0 Å². The van der Waals surface area contributed by atoms with Gasteiger partial charge in [0.1, 0.15) is 0 Å². The van der Waals surface area contributed by atoms with Crippen molar-refractivity contribution in [2.24, 2.45) is 5.73 Å². The van der Waals surface area contributed by atoms with Gasteiger partial charge in [0.05, 0.1) is 0 Å². The Labute approximate surface area is 89.2 Å². The molecule has 2 aliphatic rings. The van der Waals surface area contributed by atoms with E-state index in [0.717, 1.165) is 24.5 Å². The molecule has 0 saturated heterocycles. The summed E-state index contributed by atoms with van der Waals surface area (Å²) in [6.45, 7) is 1.09. The monoisotopic (exact) mass is 205 g/mol. The second-order valence-electron chi connectivity index (χ2n) is 4.19. The third kappa shape index (κ3) is 1.30. The Hall–Kier alpha value is -1.22. The van der Waals surface area contributed by atoms with E-state index in [4.69, 9.17) is 15.2 Å². The van der Waals surface area contributed by atoms with Crippen LogP contribution in [0.1, 0.15) is 29.9 Å². The SMILES string of the molecule is NCC1CCCc2c1ccc1c2OCO1. The Morgan fingerprint density at radius 2 is 2.27 bits per heavy atom. The summed E-state index contributed by atoms with van der Waals surface area (Å²) < 4.78 is 10.9. The van der Waals surface area contributed by atoms with Gasteiger partial charge in [0.15, 0.2) is 11.5 Å². The quantitative estimate of drug-likeness (QED) is 0.760. The third-order valence-electron chi connectivity index (χ3n) is 3.38. The highest BCUT2D eigenvalue weighted by Gasteiger charge is 2.26. The van der Waals surface area contributed by atoms with Gasteiger partial charge in [0.25, 0.3) is 0 Å². The second-order valence-corrected chi connectivity index (χ2v) is 4.19. The van der Waals surface area contributed by atoms with Crippen LogP contribution < -0.4 is 15.2 Å². The third-order valence-corrected chi connectivity index (χ3v) is 3.38. The number of benzene rings is 1. The van der Waals surface area contributed by atoms with Gasteiger partial charge in [-0.3, -0.25) is 0 Å². The van der Waals surface area contributed by atoms with Crippen LogP contribution in [0.25, 0.3) is 0 Å². The molecule has 2 N–H and O–H groups in total. The average Bonchev–Trinajstić information content (AvgIpc) is 2.76. The molecule has 80 valence electrons. The molecule has 3 heteroatoms. The molecular formula is C12H15NO2. The smallest absolute Gasteiger partial charge is 0.231 e. The van der Waals surface area contributed by atoms with Crippen molar-refractivity contribution in [3.8, 4) is 11.5 Å². The summed E-state index contributed by atoms with van der Waals surface area (Å²) in [5, 5.41) is 0. The van der Waals surface area contributed by atoms with Gasteiger partial charge in [-0.05, 0) is 43.4 Å². The molecule has 3 nitrogen and oxygen atoms in total. The number of rotatable bonds is 1. The number of hydrogen-bond donors (Lipinski definition) is 1. The van der Waals surface area contributed by atoms with Gasteiger partial charge in [-0.1, -0.05) is 6.07 Å². The van der Waals surface area contributed by atoms with E-state index in [9.17, 15) is 0 Å². The minimum atomic E-state index is 0.360. The minimum absolute atomic E-state index is 0.360. The minimum Gasteiger partial charge on any atom is -0.454 e. The van der Waals surface area contributed by atoms with Crippen LogP contribution in [0.3, 0.4) is 0 Å². The van der Waals surface area contributed by atoms with Crippen molar-refractivity contribution in [3.63, 3.8) is 0 Å². The molecule has 1 atom stereocenters. The van der Waals surface area contributed by atoms with Gasteiger partial charge in [-0.15, -0.1) is 0 Å². The topological polar surface area (TPSA) is 44.5 Å². The van der Waals surface area contributed by atoms with Gasteiger partial charge in [0.2, 0.25) is 6.79 Å². The maximum absolute atomic E-state index is 5.79. The fourth-order valence-corrected chi connectivity index (χ4v) is 2.61. The van der Waals surface area contributed by atoms with E-state index < -0.39 is 0 Å². The molecule has 1 aromatic carbocycles. The predicted molar refractivity (Wildman–Crippen MR) is 57.3 cm³/mol. The maximum Gasteiger partial charge on any atom is 0.231 e. The van der Waals surface area contributed by atoms with Crippen LogP contribution in [-0.4, -0.2) is 13.3 Å². The van der Waals surface area contributed by atoms with Crippen LogP contribution in [-0.2, 0) is 6.42 Å². The van der Waals surface area contributed by atoms with Crippen molar-refractivity contribution in [2.45, 2.75) is 25.2 Å². The summed E-state index contributed by atoms with van der Waals surface area (Å²) in [7, 11) is 0. The first kappa shape index (κ1) is 9.04. The van der Waals surface area contributed by atoms with Gasteiger partial charge in [-0.25, -0.2) is 0 Å². The molecule has 1 heterocycles. The fraction of sp³-hybridized carbons (Fsp3) is 0.500. The Morgan fingerprint density at radius 3 is 3.13 bits per heavy atom. The van der Waals surface area contributed by atoms with Gasteiger partial charge in [0, 0.05) is 5.56 Å². The van der Waals surface area contributed by atoms with Crippen LogP contribution in [0, 0.1) is 0 Å². The molecule has 0 bridgehead atoms. The second kappa shape index (κ2) is 3.42. The van der Waals surface area contributed by atoms with Crippen molar-refractivity contribution < 1.29 is 9.47 Å². The lowest BCUT2D eigenvalue weighted by molar-refractivity contribution is 0.173. The molecule has 0 radical (unpaired) electrons. The lowest BCUT2D eigenvalue weighted by Gasteiger charge is -2.25. The maximum atomic E-state index is 5.79. The van der Waals surface area contributed by atoms with Crippen molar-refractivity contribution in [1.82, 2.24) is 0 Å². The molecular weight excluding hydrogens is 190 g/mol. The van der Waals surface area contributed by atoms with E-state index in [2.05, 4.69) is 6.07 Å². The van der Waals surface area contributed by atoms with E-state index in [1.807, 2.05) is 6.07 Å². The lowest BCUT2D eigenvalue weighted by atomic mass is 9.82. The molecule has 1 aliphatic carbocycles. The highest BCUT2D eigenvalue weighted by molar-refractivity contribution is 5.54. The van der Waals surface area contributed by atoms with E-state index in [-0.39, 0.29) is 0 Å². The van der Waals surface area contributed by atoms with Crippen LogP contribution in [0.5, 0.6) is 11.5 Å². The summed E-state index contributed by atoms with van der Waals surface area (Å²) in [5.41, 5.74) is 8.49. The van der Waals surface area contributed by atoms with Crippen LogP contribution in [0.4, 0.5) is 0 Å². The van der Waals surface area contributed by atoms with Crippen molar-refractivity contribution in [2.75, 3.05) is 13.3 Å². The molecule has 1 aromatic rings. The Balaban J connectivity index is 2.11. The first-order valence-corrected chi connectivity index (χ1v) is 5.51. The lowest BCUT2D eigenvalue weighted by Crippen LogP contribution is -2.18. The van der Waals surface area contributed by atoms with E-state index in [1.165, 1.54) is 24.0 Å². The van der Waals surface area contributed by atoms with E-state index >= 15 is 0 Å². The fourth-order valence-electron chi connectivity index (χ4n) is 2.61. The van der Waals surface area contributed by atoms with Crippen molar-refractivity contribution >= 4 is 0 Å². The standard InChI is InChI=1S/C12H15NO2/c13-6-8-2-1-3-10-9(8)4-5-11-12(10)15-7-14-11/h4-5,8H,1-3,6-7,13H2. The Morgan fingerprint density at radius 1 is 1.33 bits per heavy atom.